The van der Waals surface area contributed by atoms with Crippen molar-refractivity contribution in [3.63, 3.8) is 0 Å². The average molecular weight is 444 g/mol. The molecule has 2 rings (SSSR count). The number of aliphatic hydroxyl groups is 1. The molecule has 0 aliphatic heterocycles. The molecule has 0 amide bonds. The van der Waals surface area contributed by atoms with Crippen LogP contribution in [-0.2, 0) is 16.4 Å². The first-order valence-corrected chi connectivity index (χ1v) is 11.4. The van der Waals surface area contributed by atoms with Crippen molar-refractivity contribution in [3.05, 3.63) is 90.1 Å². The minimum atomic E-state index is -3.68. The van der Waals surface area contributed by atoms with Crippen molar-refractivity contribution in [2.24, 2.45) is 0 Å². The SMILES string of the molecule is C=C/C(=C\C=C/C)S(=O)(=O)Nc1ccc(CCNC[C@H](O)COc2cccnc2)cc1. The minimum absolute atomic E-state index is 0.102. The van der Waals surface area contributed by atoms with Crippen LogP contribution in [0, 0.1) is 0 Å². The molecular weight excluding hydrogens is 414 g/mol. The lowest BCUT2D eigenvalue weighted by atomic mass is 10.1. The number of aliphatic hydroxyl groups excluding tert-OH is 1. The van der Waals surface area contributed by atoms with Crippen LogP contribution in [0.1, 0.15) is 12.5 Å². The van der Waals surface area contributed by atoms with E-state index >= 15 is 0 Å². The first kappa shape index (κ1) is 24.3. The van der Waals surface area contributed by atoms with E-state index in [1.165, 1.54) is 12.2 Å². The van der Waals surface area contributed by atoms with E-state index in [0.717, 1.165) is 12.0 Å². The monoisotopic (exact) mass is 443 g/mol. The van der Waals surface area contributed by atoms with Crippen molar-refractivity contribution in [2.75, 3.05) is 24.4 Å². The number of hydrogen-bond donors (Lipinski definition) is 3. The van der Waals surface area contributed by atoms with Crippen LogP contribution in [0.25, 0.3) is 0 Å². The summed E-state index contributed by atoms with van der Waals surface area (Å²) in [6.45, 7) is 6.62. The number of aromatic nitrogens is 1. The van der Waals surface area contributed by atoms with Crippen molar-refractivity contribution < 1.29 is 18.3 Å². The summed E-state index contributed by atoms with van der Waals surface area (Å²) in [7, 11) is -3.68. The Morgan fingerprint density at radius 1 is 1.29 bits per heavy atom. The molecule has 0 radical (unpaired) electrons. The summed E-state index contributed by atoms with van der Waals surface area (Å²) in [6.07, 6.45) is 9.55. The first-order chi connectivity index (χ1) is 14.9. The van der Waals surface area contributed by atoms with Crippen molar-refractivity contribution >= 4 is 15.7 Å². The van der Waals surface area contributed by atoms with E-state index in [4.69, 9.17) is 4.74 Å². The Balaban J connectivity index is 1.75. The van der Waals surface area contributed by atoms with Gasteiger partial charge in [0.25, 0.3) is 10.0 Å². The van der Waals surface area contributed by atoms with Gasteiger partial charge in [-0.05, 0) is 61.9 Å². The first-order valence-electron chi connectivity index (χ1n) is 9.93. The predicted molar refractivity (Wildman–Crippen MR) is 124 cm³/mol. The third kappa shape index (κ3) is 8.75. The van der Waals surface area contributed by atoms with Crippen LogP contribution in [0.5, 0.6) is 5.75 Å². The molecule has 166 valence electrons. The Morgan fingerprint density at radius 3 is 2.71 bits per heavy atom. The molecule has 0 aliphatic carbocycles. The number of pyridine rings is 1. The van der Waals surface area contributed by atoms with Crippen molar-refractivity contribution in [3.8, 4) is 5.75 Å². The molecule has 0 aliphatic rings. The molecule has 0 spiro atoms. The van der Waals surface area contributed by atoms with Gasteiger partial charge in [0.2, 0.25) is 0 Å². The lowest BCUT2D eigenvalue weighted by Crippen LogP contribution is -2.32. The molecule has 3 N–H and O–H groups in total. The van der Waals surface area contributed by atoms with Gasteiger partial charge in [-0.25, -0.2) is 8.42 Å². The molecule has 0 saturated heterocycles. The number of anilines is 1. The van der Waals surface area contributed by atoms with E-state index in [9.17, 15) is 13.5 Å². The number of allylic oxidation sites excluding steroid dienone is 4. The predicted octanol–water partition coefficient (Wildman–Crippen LogP) is 3.04. The molecule has 1 aromatic heterocycles. The Morgan fingerprint density at radius 2 is 2.06 bits per heavy atom. The molecule has 1 aromatic carbocycles. The van der Waals surface area contributed by atoms with E-state index in [0.29, 0.717) is 24.5 Å². The van der Waals surface area contributed by atoms with Crippen molar-refractivity contribution in [1.82, 2.24) is 10.3 Å². The van der Waals surface area contributed by atoms with Gasteiger partial charge in [-0.15, -0.1) is 0 Å². The number of hydrogen-bond acceptors (Lipinski definition) is 6. The third-order valence-electron chi connectivity index (χ3n) is 4.22. The van der Waals surface area contributed by atoms with Crippen LogP contribution < -0.4 is 14.8 Å². The summed E-state index contributed by atoms with van der Waals surface area (Å²) < 4.78 is 32.8. The largest absolute Gasteiger partial charge is 0.489 e. The maximum Gasteiger partial charge on any atom is 0.261 e. The molecule has 0 unspecified atom stereocenters. The second-order valence-electron chi connectivity index (χ2n) is 6.71. The number of sulfonamides is 1. The summed E-state index contributed by atoms with van der Waals surface area (Å²) in [5, 5.41) is 13.2. The van der Waals surface area contributed by atoms with Crippen LogP contribution in [0.15, 0.2) is 84.6 Å². The van der Waals surface area contributed by atoms with Gasteiger partial charge in [0.15, 0.2) is 0 Å². The molecule has 0 bridgehead atoms. The standard InChI is InChI=1S/C23H29N3O4S/c1-3-5-8-23(4-2)31(28,29)26-20-11-9-19(10-12-20)13-15-25-16-21(27)18-30-22-7-6-14-24-17-22/h3-12,14,17,21,25-27H,2,13,15-16,18H2,1H3/b5-3-,23-8+/t21-/m0/s1. The smallest absolute Gasteiger partial charge is 0.261 e. The van der Waals surface area contributed by atoms with Gasteiger partial charge in [-0.1, -0.05) is 30.9 Å². The fourth-order valence-electron chi connectivity index (χ4n) is 2.60. The number of rotatable bonds is 13. The lowest BCUT2D eigenvalue weighted by molar-refractivity contribution is 0.106. The second kappa shape index (κ2) is 12.7. The van der Waals surface area contributed by atoms with Crippen molar-refractivity contribution in [1.29, 1.82) is 0 Å². The maximum atomic E-state index is 12.4. The molecule has 1 atom stereocenters. The molecular formula is C23H29N3O4S. The minimum Gasteiger partial charge on any atom is -0.489 e. The van der Waals surface area contributed by atoms with Crippen LogP contribution in [-0.4, -0.2) is 44.3 Å². The normalized spacial score (nSPS) is 13.2. The van der Waals surface area contributed by atoms with E-state index < -0.39 is 16.1 Å². The highest BCUT2D eigenvalue weighted by atomic mass is 32.2. The van der Waals surface area contributed by atoms with Gasteiger partial charge >= 0.3 is 0 Å². The highest BCUT2D eigenvalue weighted by Gasteiger charge is 2.14. The Kier molecular flexibility index (Phi) is 9.96. The highest BCUT2D eigenvalue weighted by molar-refractivity contribution is 7.96. The van der Waals surface area contributed by atoms with E-state index in [1.54, 1.807) is 48.8 Å². The lowest BCUT2D eigenvalue weighted by Gasteiger charge is -2.13. The zero-order valence-electron chi connectivity index (χ0n) is 17.6. The van der Waals surface area contributed by atoms with Gasteiger partial charge < -0.3 is 15.2 Å². The molecule has 0 saturated carbocycles. The maximum absolute atomic E-state index is 12.4. The van der Waals surface area contributed by atoms with Crippen molar-refractivity contribution in [2.45, 2.75) is 19.4 Å². The van der Waals surface area contributed by atoms with Crippen LogP contribution in [0.4, 0.5) is 5.69 Å². The topological polar surface area (TPSA) is 101 Å². The molecule has 8 heteroatoms. The van der Waals surface area contributed by atoms with Crippen LogP contribution in [0.3, 0.4) is 0 Å². The molecule has 2 aromatic rings. The quantitative estimate of drug-likeness (QED) is 0.325. The summed E-state index contributed by atoms with van der Waals surface area (Å²) >= 11 is 0. The summed E-state index contributed by atoms with van der Waals surface area (Å²) in [4.78, 5) is 4.05. The van der Waals surface area contributed by atoms with E-state index in [1.807, 2.05) is 19.1 Å². The Labute approximate surface area is 184 Å². The van der Waals surface area contributed by atoms with Gasteiger partial charge in [-0.2, -0.15) is 0 Å². The van der Waals surface area contributed by atoms with E-state index in [2.05, 4.69) is 21.6 Å². The number of benzene rings is 1. The fraction of sp³-hybridized carbons (Fsp3) is 0.261. The highest BCUT2D eigenvalue weighted by Crippen LogP contribution is 2.16. The van der Waals surface area contributed by atoms with Crippen LogP contribution >= 0.6 is 0 Å². The molecule has 0 fully saturated rings. The number of nitrogens with one attached hydrogen (secondary N) is 2. The summed E-state index contributed by atoms with van der Waals surface area (Å²) in [5.41, 5.74) is 1.53. The van der Waals surface area contributed by atoms with Gasteiger partial charge in [0.1, 0.15) is 18.5 Å². The average Bonchev–Trinajstić information content (AvgIpc) is 2.77. The molecule has 31 heavy (non-hydrogen) atoms. The second-order valence-corrected chi connectivity index (χ2v) is 8.39. The Bertz CT molecular complexity index is 972. The number of nitrogens with zero attached hydrogens (tertiary/aromatic N) is 1. The summed E-state index contributed by atoms with van der Waals surface area (Å²) in [6, 6.07) is 10.7. The van der Waals surface area contributed by atoms with E-state index in [-0.39, 0.29) is 11.5 Å². The van der Waals surface area contributed by atoms with Gasteiger partial charge in [-0.3, -0.25) is 9.71 Å². The summed E-state index contributed by atoms with van der Waals surface area (Å²) in [5.74, 6) is 0.620. The third-order valence-corrected chi connectivity index (χ3v) is 5.65. The number of ether oxygens (including phenoxy) is 1. The van der Waals surface area contributed by atoms with Gasteiger partial charge in [0.05, 0.1) is 11.1 Å². The molecule has 7 nitrogen and oxygen atoms in total. The molecule has 1 heterocycles. The zero-order valence-corrected chi connectivity index (χ0v) is 18.4. The fourth-order valence-corrected chi connectivity index (χ4v) is 3.64. The zero-order chi connectivity index (χ0) is 22.5. The van der Waals surface area contributed by atoms with Crippen LogP contribution in [0.2, 0.25) is 0 Å². The Hall–Kier alpha value is -2.94. The van der Waals surface area contributed by atoms with Gasteiger partial charge in [0, 0.05) is 18.4 Å².